The predicted molar refractivity (Wildman–Crippen MR) is 91.5 cm³/mol. The van der Waals surface area contributed by atoms with Crippen molar-refractivity contribution >= 4 is 0 Å². The molecule has 0 aromatic rings. The molecule has 1 N–H and O–H groups in total. The van der Waals surface area contributed by atoms with Gasteiger partial charge in [0.25, 0.3) is 0 Å². The molecule has 6 atom stereocenters. The Morgan fingerprint density at radius 2 is 1.55 bits per heavy atom. The van der Waals surface area contributed by atoms with Crippen molar-refractivity contribution in [2.24, 2.45) is 39.4 Å². The van der Waals surface area contributed by atoms with Crippen molar-refractivity contribution in [1.29, 1.82) is 0 Å². The molecule has 1 spiro atoms. The summed E-state index contributed by atoms with van der Waals surface area (Å²) in [7, 11) is 0. The molecule has 0 aromatic carbocycles. The zero-order chi connectivity index (χ0) is 16.0. The maximum absolute atomic E-state index is 10.6. The molecule has 0 saturated heterocycles. The zero-order valence-electron chi connectivity index (χ0n) is 15.4. The zero-order valence-corrected chi connectivity index (χ0v) is 15.4. The van der Waals surface area contributed by atoms with Crippen LogP contribution in [0, 0.1) is 39.4 Å². The van der Waals surface area contributed by atoms with Crippen molar-refractivity contribution < 1.29 is 5.11 Å². The Balaban J connectivity index is 1.76. The van der Waals surface area contributed by atoms with Gasteiger partial charge in [0.2, 0.25) is 0 Å². The van der Waals surface area contributed by atoms with E-state index in [1.165, 1.54) is 44.9 Å². The van der Waals surface area contributed by atoms with Crippen molar-refractivity contribution in [3.63, 3.8) is 0 Å². The summed E-state index contributed by atoms with van der Waals surface area (Å²) in [5.41, 5.74) is 1.76. The lowest BCUT2D eigenvalue weighted by Gasteiger charge is -2.66. The molecule has 0 aliphatic heterocycles. The van der Waals surface area contributed by atoms with Gasteiger partial charge in [0, 0.05) is 0 Å². The standard InChI is InChI=1S/C21H36O/c1-18(2)10-11-21-13-15(18)12-14(21)6-7-16-19(3,4)17(22)8-9-20(16,21)5/h14-17,22H,6-13H2,1-5H3/t14-,15-,16-,17-,20-,21+/m0/s1. The van der Waals surface area contributed by atoms with Gasteiger partial charge < -0.3 is 5.11 Å². The van der Waals surface area contributed by atoms with Crippen LogP contribution in [0.25, 0.3) is 0 Å². The molecule has 0 aromatic heterocycles. The molecule has 2 bridgehead atoms. The van der Waals surface area contributed by atoms with E-state index < -0.39 is 0 Å². The number of aliphatic hydroxyl groups is 1. The monoisotopic (exact) mass is 304 g/mol. The molecule has 126 valence electrons. The summed E-state index contributed by atoms with van der Waals surface area (Å²) in [6.45, 7) is 12.4. The summed E-state index contributed by atoms with van der Waals surface area (Å²) in [5.74, 6) is 2.66. The van der Waals surface area contributed by atoms with Gasteiger partial charge in [-0.3, -0.25) is 0 Å². The number of hydrogen-bond acceptors (Lipinski definition) is 1. The molecule has 1 heteroatoms. The summed E-state index contributed by atoms with van der Waals surface area (Å²) >= 11 is 0. The largest absolute Gasteiger partial charge is 0.393 e. The normalized spacial score (nSPS) is 55.4. The van der Waals surface area contributed by atoms with Gasteiger partial charge in [0.1, 0.15) is 0 Å². The lowest BCUT2D eigenvalue weighted by molar-refractivity contribution is -0.195. The molecule has 22 heavy (non-hydrogen) atoms. The van der Waals surface area contributed by atoms with Crippen LogP contribution >= 0.6 is 0 Å². The van der Waals surface area contributed by atoms with Gasteiger partial charge in [-0.1, -0.05) is 34.6 Å². The van der Waals surface area contributed by atoms with Crippen LogP contribution in [0.15, 0.2) is 0 Å². The Hall–Kier alpha value is -0.0400. The van der Waals surface area contributed by atoms with E-state index in [0.717, 1.165) is 24.2 Å². The van der Waals surface area contributed by atoms with E-state index in [2.05, 4.69) is 34.6 Å². The highest BCUT2D eigenvalue weighted by molar-refractivity contribution is 5.17. The minimum atomic E-state index is -0.0873. The molecule has 0 heterocycles. The van der Waals surface area contributed by atoms with Crippen LogP contribution in [0.5, 0.6) is 0 Å². The lowest BCUT2D eigenvalue weighted by atomic mass is 9.39. The third-order valence-corrected chi connectivity index (χ3v) is 9.69. The molecule has 1 nitrogen and oxygen atoms in total. The number of fused-ring (bicyclic) bond motifs is 2. The molecular formula is C21H36O. The van der Waals surface area contributed by atoms with E-state index >= 15 is 0 Å². The third-order valence-electron chi connectivity index (χ3n) is 9.69. The van der Waals surface area contributed by atoms with Crippen molar-refractivity contribution in [3.05, 3.63) is 0 Å². The molecule has 0 radical (unpaired) electrons. The first-order valence-corrected chi connectivity index (χ1v) is 9.82. The SMILES string of the molecule is CC1(C)CC[C@@]23C[C@@H]1C[C@@H]2CC[C@H]1C(C)(C)[C@@H](O)CC[C@@]13C. The highest BCUT2D eigenvalue weighted by Crippen LogP contribution is 2.76. The minimum absolute atomic E-state index is 0.0873. The highest BCUT2D eigenvalue weighted by Gasteiger charge is 2.68. The van der Waals surface area contributed by atoms with Crippen LogP contribution in [-0.2, 0) is 0 Å². The van der Waals surface area contributed by atoms with Crippen LogP contribution in [0.2, 0.25) is 0 Å². The van der Waals surface area contributed by atoms with Crippen LogP contribution in [0.4, 0.5) is 0 Å². The van der Waals surface area contributed by atoms with Gasteiger partial charge in [0.05, 0.1) is 6.10 Å². The first-order valence-electron chi connectivity index (χ1n) is 9.82. The quantitative estimate of drug-likeness (QED) is 0.634. The summed E-state index contributed by atoms with van der Waals surface area (Å²) in [6.07, 6.45) is 10.9. The van der Waals surface area contributed by atoms with Crippen molar-refractivity contribution in [3.8, 4) is 0 Å². The second-order valence-corrected chi connectivity index (χ2v) is 10.9. The Bertz CT molecular complexity index is 478. The summed E-state index contributed by atoms with van der Waals surface area (Å²) < 4.78 is 0. The van der Waals surface area contributed by atoms with Gasteiger partial charge in [-0.05, 0) is 90.8 Å². The fourth-order valence-corrected chi connectivity index (χ4v) is 7.98. The van der Waals surface area contributed by atoms with Crippen LogP contribution < -0.4 is 0 Å². The Kier molecular flexibility index (Phi) is 3.04. The Labute approximate surface area is 137 Å². The molecule has 4 saturated carbocycles. The number of rotatable bonds is 0. The van der Waals surface area contributed by atoms with E-state index in [-0.39, 0.29) is 11.5 Å². The second kappa shape index (κ2) is 4.32. The first-order chi connectivity index (χ1) is 10.1. The van der Waals surface area contributed by atoms with E-state index in [1.54, 1.807) is 0 Å². The highest BCUT2D eigenvalue weighted by atomic mass is 16.3. The first kappa shape index (κ1) is 15.5. The summed E-state index contributed by atoms with van der Waals surface area (Å²) in [4.78, 5) is 0. The Morgan fingerprint density at radius 1 is 0.818 bits per heavy atom. The molecule has 4 fully saturated rings. The van der Waals surface area contributed by atoms with Crippen molar-refractivity contribution in [1.82, 2.24) is 0 Å². The van der Waals surface area contributed by atoms with Gasteiger partial charge in [-0.2, -0.15) is 0 Å². The van der Waals surface area contributed by atoms with Gasteiger partial charge in [-0.25, -0.2) is 0 Å². The topological polar surface area (TPSA) is 20.2 Å². The van der Waals surface area contributed by atoms with E-state index in [4.69, 9.17) is 0 Å². The van der Waals surface area contributed by atoms with E-state index in [9.17, 15) is 5.11 Å². The third kappa shape index (κ3) is 1.65. The fraction of sp³-hybridized carbons (Fsp3) is 1.00. The van der Waals surface area contributed by atoms with Crippen LogP contribution in [0.3, 0.4) is 0 Å². The smallest absolute Gasteiger partial charge is 0.0594 e. The molecule has 4 aliphatic rings. The van der Waals surface area contributed by atoms with Gasteiger partial charge in [0.15, 0.2) is 0 Å². The van der Waals surface area contributed by atoms with E-state index in [1.807, 2.05) is 0 Å². The minimum Gasteiger partial charge on any atom is -0.393 e. The maximum Gasteiger partial charge on any atom is 0.0594 e. The average Bonchev–Trinajstić information content (AvgIpc) is 2.78. The lowest BCUT2D eigenvalue weighted by Crippen LogP contribution is -2.60. The maximum atomic E-state index is 10.6. The Morgan fingerprint density at radius 3 is 2.27 bits per heavy atom. The van der Waals surface area contributed by atoms with Gasteiger partial charge in [-0.15, -0.1) is 0 Å². The molecule has 4 aliphatic carbocycles. The second-order valence-electron chi connectivity index (χ2n) is 10.9. The number of aliphatic hydroxyl groups excluding tert-OH is 1. The molecular weight excluding hydrogens is 268 g/mol. The molecule has 4 rings (SSSR count). The molecule has 0 unspecified atom stereocenters. The van der Waals surface area contributed by atoms with Crippen LogP contribution in [0.1, 0.15) is 86.0 Å². The molecule has 0 amide bonds. The predicted octanol–water partition coefficient (Wildman–Crippen LogP) is 5.42. The van der Waals surface area contributed by atoms with E-state index in [0.29, 0.717) is 16.2 Å². The summed E-state index contributed by atoms with van der Waals surface area (Å²) in [5, 5.41) is 10.6. The van der Waals surface area contributed by atoms with Gasteiger partial charge >= 0.3 is 0 Å². The number of hydrogen-bond donors (Lipinski definition) is 1. The fourth-order valence-electron chi connectivity index (χ4n) is 7.98. The average molecular weight is 305 g/mol. The van der Waals surface area contributed by atoms with Crippen molar-refractivity contribution in [2.45, 2.75) is 92.1 Å². The van der Waals surface area contributed by atoms with Crippen molar-refractivity contribution in [2.75, 3.05) is 0 Å². The summed E-state index contributed by atoms with van der Waals surface area (Å²) in [6, 6.07) is 0. The van der Waals surface area contributed by atoms with Crippen LogP contribution in [-0.4, -0.2) is 11.2 Å².